The van der Waals surface area contributed by atoms with Crippen LogP contribution in [0.1, 0.15) is 29.2 Å². The van der Waals surface area contributed by atoms with Crippen molar-refractivity contribution in [2.24, 2.45) is 0 Å². The Morgan fingerprint density at radius 3 is 2.78 bits per heavy atom. The maximum atomic E-state index is 12.1. The third kappa shape index (κ3) is 1.49. The van der Waals surface area contributed by atoms with Crippen LogP contribution in [0.5, 0.6) is 5.75 Å². The second-order valence-corrected chi connectivity index (χ2v) is 4.42. The fourth-order valence-corrected chi connectivity index (χ4v) is 2.07. The molecule has 18 heavy (non-hydrogen) atoms. The number of methoxy groups -OCH3 is 1. The Morgan fingerprint density at radius 2 is 2.22 bits per heavy atom. The third-order valence-electron chi connectivity index (χ3n) is 3.16. The summed E-state index contributed by atoms with van der Waals surface area (Å²) < 4.78 is 6.69. The van der Waals surface area contributed by atoms with Crippen LogP contribution < -0.4 is 10.3 Å². The molecule has 6 heteroatoms. The van der Waals surface area contributed by atoms with Crippen molar-refractivity contribution >= 4 is 16.9 Å². The first-order valence-corrected chi connectivity index (χ1v) is 5.67. The summed E-state index contributed by atoms with van der Waals surface area (Å²) in [6.07, 6.45) is 1.95. The molecule has 0 aliphatic heterocycles. The van der Waals surface area contributed by atoms with E-state index in [1.807, 2.05) is 0 Å². The van der Waals surface area contributed by atoms with Gasteiger partial charge < -0.3 is 9.84 Å². The second kappa shape index (κ2) is 3.63. The number of aromatic nitrogens is 2. The van der Waals surface area contributed by atoms with Crippen LogP contribution in [0.15, 0.2) is 16.9 Å². The molecule has 3 rings (SSSR count). The average molecular weight is 248 g/mol. The Hall–Kier alpha value is -2.24. The van der Waals surface area contributed by atoms with Crippen molar-refractivity contribution in [2.45, 2.75) is 18.9 Å². The second-order valence-electron chi connectivity index (χ2n) is 4.42. The van der Waals surface area contributed by atoms with Gasteiger partial charge in [-0.25, -0.2) is 9.48 Å². The van der Waals surface area contributed by atoms with Crippen LogP contribution in [0, 0.1) is 0 Å². The Balaban J connectivity index is 2.33. The number of benzene rings is 1. The zero-order valence-electron chi connectivity index (χ0n) is 9.77. The van der Waals surface area contributed by atoms with Gasteiger partial charge in [0.05, 0.1) is 24.1 Å². The monoisotopic (exact) mass is 248 g/mol. The smallest absolute Gasteiger partial charge is 0.335 e. The molecule has 2 N–H and O–H groups in total. The van der Waals surface area contributed by atoms with Crippen molar-refractivity contribution in [3.63, 3.8) is 0 Å². The van der Waals surface area contributed by atoms with Crippen molar-refractivity contribution in [1.82, 2.24) is 9.78 Å². The van der Waals surface area contributed by atoms with Crippen molar-refractivity contribution in [3.05, 3.63) is 28.0 Å². The molecule has 1 aromatic carbocycles. The summed E-state index contributed by atoms with van der Waals surface area (Å²) in [5.74, 6) is -0.699. The van der Waals surface area contributed by atoms with E-state index in [2.05, 4.69) is 5.10 Å². The first kappa shape index (κ1) is 10.9. The number of carboxylic acids is 1. The Morgan fingerprint density at radius 1 is 1.50 bits per heavy atom. The number of carbonyl (C=O) groups is 1. The van der Waals surface area contributed by atoms with Gasteiger partial charge in [-0.2, -0.15) is 0 Å². The maximum absolute atomic E-state index is 12.1. The molecule has 0 spiro atoms. The summed E-state index contributed by atoms with van der Waals surface area (Å²) in [6, 6.07) is 3.01. The van der Waals surface area contributed by atoms with Gasteiger partial charge in [-0.05, 0) is 25.0 Å². The maximum Gasteiger partial charge on any atom is 0.335 e. The van der Waals surface area contributed by atoms with E-state index in [0.717, 1.165) is 12.8 Å². The quantitative estimate of drug-likeness (QED) is 0.859. The van der Waals surface area contributed by atoms with Gasteiger partial charge in [0.1, 0.15) is 11.3 Å². The van der Waals surface area contributed by atoms with Crippen LogP contribution in [0.25, 0.3) is 10.9 Å². The molecular weight excluding hydrogens is 236 g/mol. The molecule has 0 atom stereocenters. The summed E-state index contributed by atoms with van der Waals surface area (Å²) >= 11 is 0. The molecule has 0 amide bonds. The van der Waals surface area contributed by atoms with E-state index in [9.17, 15) is 9.59 Å². The lowest BCUT2D eigenvalue weighted by Crippen LogP contribution is -2.14. The number of H-pyrrole nitrogens is 1. The predicted molar refractivity (Wildman–Crippen MR) is 64.3 cm³/mol. The lowest BCUT2D eigenvalue weighted by Gasteiger charge is -2.02. The van der Waals surface area contributed by atoms with Crippen molar-refractivity contribution in [2.75, 3.05) is 7.11 Å². The SMILES string of the molecule is COc1cc(C(=O)O)cc2c(=O)n(C3CC3)[nH]c12. The van der Waals surface area contributed by atoms with Gasteiger partial charge >= 0.3 is 5.97 Å². The van der Waals surface area contributed by atoms with E-state index >= 15 is 0 Å². The summed E-state index contributed by atoms with van der Waals surface area (Å²) in [6.45, 7) is 0. The minimum Gasteiger partial charge on any atom is -0.494 e. The standard InChI is InChI=1S/C12H12N2O4/c1-18-9-5-6(12(16)17)4-8-10(9)13-14(11(8)15)7-2-3-7/h4-5,7,13H,2-3H2,1H3,(H,16,17). The molecule has 94 valence electrons. The predicted octanol–water partition coefficient (Wildman–Crippen LogP) is 1.37. The molecule has 1 saturated carbocycles. The average Bonchev–Trinajstić information content (AvgIpc) is 3.14. The lowest BCUT2D eigenvalue weighted by atomic mass is 10.1. The Kier molecular flexibility index (Phi) is 2.19. The van der Waals surface area contributed by atoms with Gasteiger partial charge in [-0.3, -0.25) is 9.89 Å². The van der Waals surface area contributed by atoms with E-state index < -0.39 is 5.97 Å². The number of rotatable bonds is 3. The minimum atomic E-state index is -1.08. The molecule has 1 aromatic heterocycles. The Bertz CT molecular complexity index is 694. The minimum absolute atomic E-state index is 0.0541. The van der Waals surface area contributed by atoms with Crippen LogP contribution in [-0.4, -0.2) is 28.0 Å². The van der Waals surface area contributed by atoms with E-state index in [1.165, 1.54) is 19.2 Å². The number of nitrogens with one attached hydrogen (secondary N) is 1. The zero-order chi connectivity index (χ0) is 12.9. The highest BCUT2D eigenvalue weighted by atomic mass is 16.5. The first-order chi connectivity index (χ1) is 8.61. The summed E-state index contributed by atoms with van der Waals surface area (Å²) in [7, 11) is 1.45. The molecule has 1 fully saturated rings. The van der Waals surface area contributed by atoms with E-state index in [1.54, 1.807) is 4.68 Å². The van der Waals surface area contributed by atoms with E-state index in [-0.39, 0.29) is 17.2 Å². The van der Waals surface area contributed by atoms with Gasteiger partial charge in [0.2, 0.25) is 0 Å². The summed E-state index contributed by atoms with van der Waals surface area (Å²) in [4.78, 5) is 23.1. The van der Waals surface area contributed by atoms with E-state index in [0.29, 0.717) is 16.7 Å². The van der Waals surface area contributed by atoms with E-state index in [4.69, 9.17) is 9.84 Å². The molecule has 0 bridgehead atoms. The molecule has 0 saturated heterocycles. The van der Waals surface area contributed by atoms with Crippen molar-refractivity contribution in [1.29, 1.82) is 0 Å². The highest BCUT2D eigenvalue weighted by Crippen LogP contribution is 2.34. The van der Waals surface area contributed by atoms with Gasteiger partial charge in [0.15, 0.2) is 0 Å². The fourth-order valence-electron chi connectivity index (χ4n) is 2.07. The normalized spacial score (nSPS) is 14.9. The van der Waals surface area contributed by atoms with Crippen LogP contribution in [0.2, 0.25) is 0 Å². The third-order valence-corrected chi connectivity index (χ3v) is 3.16. The van der Waals surface area contributed by atoms with Crippen LogP contribution in [0.3, 0.4) is 0 Å². The molecule has 1 aliphatic carbocycles. The number of aromatic amines is 1. The van der Waals surface area contributed by atoms with Gasteiger partial charge in [0.25, 0.3) is 5.56 Å². The number of hydrogen-bond donors (Lipinski definition) is 2. The number of carboxylic acid groups (broad SMARTS) is 1. The topological polar surface area (TPSA) is 84.3 Å². The largest absolute Gasteiger partial charge is 0.494 e. The van der Waals surface area contributed by atoms with Crippen LogP contribution in [0.4, 0.5) is 0 Å². The van der Waals surface area contributed by atoms with Crippen LogP contribution >= 0.6 is 0 Å². The number of hydrogen-bond acceptors (Lipinski definition) is 3. The molecule has 0 unspecified atom stereocenters. The van der Waals surface area contributed by atoms with Gasteiger partial charge in [0, 0.05) is 0 Å². The number of fused-ring (bicyclic) bond motifs is 1. The number of aromatic carboxylic acids is 1. The van der Waals surface area contributed by atoms with Gasteiger partial charge in [-0.1, -0.05) is 0 Å². The number of nitrogens with zero attached hydrogens (tertiary/aromatic N) is 1. The molecular formula is C12H12N2O4. The molecule has 2 aromatic rings. The summed E-state index contributed by atoms with van der Waals surface area (Å²) in [5.41, 5.74) is 0.423. The first-order valence-electron chi connectivity index (χ1n) is 5.67. The van der Waals surface area contributed by atoms with Gasteiger partial charge in [-0.15, -0.1) is 0 Å². The molecule has 0 radical (unpaired) electrons. The lowest BCUT2D eigenvalue weighted by molar-refractivity contribution is 0.0696. The number of ether oxygens (including phenoxy) is 1. The fraction of sp³-hybridized carbons (Fsp3) is 0.333. The molecule has 1 aliphatic rings. The Labute approximate surface area is 102 Å². The highest BCUT2D eigenvalue weighted by Gasteiger charge is 2.27. The molecule has 1 heterocycles. The molecule has 6 nitrogen and oxygen atoms in total. The van der Waals surface area contributed by atoms with Crippen molar-refractivity contribution < 1.29 is 14.6 Å². The zero-order valence-corrected chi connectivity index (χ0v) is 9.77. The summed E-state index contributed by atoms with van der Waals surface area (Å²) in [5, 5.41) is 12.4. The highest BCUT2D eigenvalue weighted by molar-refractivity contribution is 5.95. The van der Waals surface area contributed by atoms with Crippen molar-refractivity contribution in [3.8, 4) is 5.75 Å². The van der Waals surface area contributed by atoms with Crippen LogP contribution in [-0.2, 0) is 0 Å².